The van der Waals surface area contributed by atoms with Crippen LogP contribution < -0.4 is 5.32 Å². The molecule has 0 saturated carbocycles. The summed E-state index contributed by atoms with van der Waals surface area (Å²) in [5, 5.41) is 3.50. The fraction of sp³-hybridized carbons (Fsp3) is 0.125. The van der Waals surface area contributed by atoms with Crippen LogP contribution in [-0.4, -0.2) is 19.0 Å². The summed E-state index contributed by atoms with van der Waals surface area (Å²) < 4.78 is 4.62. The average Bonchev–Trinajstić information content (AvgIpc) is 2.54. The molecule has 0 aliphatic heterocycles. The zero-order valence-electron chi connectivity index (χ0n) is 11.7. The predicted octanol–water partition coefficient (Wildman–Crippen LogP) is 3.71. The van der Waals surface area contributed by atoms with Gasteiger partial charge in [-0.25, -0.2) is 4.79 Å². The SMILES string of the molecule is COC(=O)c1ccc(CNC(=O)c2ccc(Cl)c(Cl)c2)cc1. The molecule has 114 valence electrons. The molecule has 0 unspecified atom stereocenters. The Morgan fingerprint density at radius 1 is 1.00 bits per heavy atom. The molecule has 0 saturated heterocycles. The first-order chi connectivity index (χ1) is 10.5. The Labute approximate surface area is 138 Å². The smallest absolute Gasteiger partial charge is 0.337 e. The van der Waals surface area contributed by atoms with E-state index >= 15 is 0 Å². The zero-order chi connectivity index (χ0) is 16.1. The third kappa shape index (κ3) is 4.00. The van der Waals surface area contributed by atoms with Crippen LogP contribution in [0.1, 0.15) is 26.3 Å². The molecule has 0 aliphatic rings. The van der Waals surface area contributed by atoms with Gasteiger partial charge in [0.2, 0.25) is 0 Å². The highest BCUT2D eigenvalue weighted by Crippen LogP contribution is 2.22. The minimum atomic E-state index is -0.397. The molecule has 4 nitrogen and oxygen atoms in total. The number of methoxy groups -OCH3 is 1. The second-order valence-corrected chi connectivity index (χ2v) is 5.31. The fourth-order valence-electron chi connectivity index (χ4n) is 1.80. The summed E-state index contributed by atoms with van der Waals surface area (Å²) in [7, 11) is 1.33. The van der Waals surface area contributed by atoms with E-state index in [1.54, 1.807) is 36.4 Å². The van der Waals surface area contributed by atoms with Crippen LogP contribution in [0.5, 0.6) is 0 Å². The Morgan fingerprint density at radius 3 is 2.23 bits per heavy atom. The summed E-state index contributed by atoms with van der Waals surface area (Å²) in [4.78, 5) is 23.3. The number of hydrogen-bond acceptors (Lipinski definition) is 3. The lowest BCUT2D eigenvalue weighted by molar-refractivity contribution is 0.0600. The molecule has 0 radical (unpaired) electrons. The molecule has 1 amide bonds. The molecule has 2 aromatic carbocycles. The van der Waals surface area contributed by atoms with Gasteiger partial charge in [-0.15, -0.1) is 0 Å². The van der Waals surface area contributed by atoms with E-state index in [1.807, 2.05) is 0 Å². The lowest BCUT2D eigenvalue weighted by Crippen LogP contribution is -2.22. The van der Waals surface area contributed by atoms with Crippen LogP contribution in [0, 0.1) is 0 Å². The Hall–Kier alpha value is -2.04. The first kappa shape index (κ1) is 16.3. The first-order valence-corrected chi connectivity index (χ1v) is 7.17. The number of hydrogen-bond donors (Lipinski definition) is 1. The summed E-state index contributed by atoms with van der Waals surface area (Å²) in [6.07, 6.45) is 0. The Kier molecular flexibility index (Phi) is 5.41. The third-order valence-electron chi connectivity index (χ3n) is 3.01. The highest BCUT2D eigenvalue weighted by Gasteiger charge is 2.08. The minimum absolute atomic E-state index is 0.254. The van der Waals surface area contributed by atoms with Gasteiger partial charge in [0.1, 0.15) is 0 Å². The first-order valence-electron chi connectivity index (χ1n) is 6.42. The lowest BCUT2D eigenvalue weighted by atomic mass is 10.1. The molecule has 0 aromatic heterocycles. The molecule has 6 heteroatoms. The van der Waals surface area contributed by atoms with Crippen molar-refractivity contribution in [3.63, 3.8) is 0 Å². The number of halogens is 2. The van der Waals surface area contributed by atoms with E-state index in [1.165, 1.54) is 13.2 Å². The van der Waals surface area contributed by atoms with Gasteiger partial charge in [0, 0.05) is 12.1 Å². The summed E-state index contributed by atoms with van der Waals surface area (Å²) in [6.45, 7) is 0.334. The van der Waals surface area contributed by atoms with Crippen molar-refractivity contribution in [1.29, 1.82) is 0 Å². The van der Waals surface area contributed by atoms with Crippen molar-refractivity contribution in [2.45, 2.75) is 6.54 Å². The normalized spacial score (nSPS) is 10.1. The lowest BCUT2D eigenvalue weighted by Gasteiger charge is -2.07. The number of amides is 1. The van der Waals surface area contributed by atoms with Gasteiger partial charge >= 0.3 is 5.97 Å². The zero-order valence-corrected chi connectivity index (χ0v) is 13.2. The molecule has 0 bridgehead atoms. The molecule has 2 rings (SSSR count). The molecular weight excluding hydrogens is 325 g/mol. The second kappa shape index (κ2) is 7.29. The van der Waals surface area contributed by atoms with Crippen LogP contribution >= 0.6 is 23.2 Å². The Morgan fingerprint density at radius 2 is 1.64 bits per heavy atom. The molecule has 1 N–H and O–H groups in total. The molecule has 22 heavy (non-hydrogen) atoms. The third-order valence-corrected chi connectivity index (χ3v) is 3.75. The monoisotopic (exact) mass is 337 g/mol. The molecule has 0 aliphatic carbocycles. The molecule has 0 spiro atoms. The van der Waals surface area contributed by atoms with Crippen LogP contribution in [0.3, 0.4) is 0 Å². The number of esters is 1. The van der Waals surface area contributed by atoms with Crippen molar-refractivity contribution in [3.05, 3.63) is 69.2 Å². The van der Waals surface area contributed by atoms with Gasteiger partial charge in [0.25, 0.3) is 5.91 Å². The van der Waals surface area contributed by atoms with E-state index in [0.717, 1.165) is 5.56 Å². The van der Waals surface area contributed by atoms with Crippen LogP contribution in [0.25, 0.3) is 0 Å². The van der Waals surface area contributed by atoms with Crippen molar-refractivity contribution >= 4 is 35.1 Å². The standard InChI is InChI=1S/C16H13Cl2NO3/c1-22-16(21)11-4-2-10(3-5-11)9-19-15(20)12-6-7-13(17)14(18)8-12/h2-8H,9H2,1H3,(H,19,20). The van der Waals surface area contributed by atoms with Crippen molar-refractivity contribution in [2.24, 2.45) is 0 Å². The van der Waals surface area contributed by atoms with Crippen molar-refractivity contribution in [1.82, 2.24) is 5.32 Å². The van der Waals surface area contributed by atoms with Gasteiger partial charge in [-0.2, -0.15) is 0 Å². The van der Waals surface area contributed by atoms with Gasteiger partial charge in [-0.3, -0.25) is 4.79 Å². The van der Waals surface area contributed by atoms with Gasteiger partial charge in [-0.05, 0) is 35.9 Å². The largest absolute Gasteiger partial charge is 0.465 e. The maximum Gasteiger partial charge on any atom is 0.337 e. The number of nitrogens with one attached hydrogen (secondary N) is 1. The molecule has 0 heterocycles. The quantitative estimate of drug-likeness (QED) is 0.865. The van der Waals surface area contributed by atoms with Crippen LogP contribution in [0.15, 0.2) is 42.5 Å². The summed E-state index contributed by atoms with van der Waals surface area (Å²) in [5.41, 5.74) is 1.75. The maximum absolute atomic E-state index is 12.0. The number of ether oxygens (including phenoxy) is 1. The minimum Gasteiger partial charge on any atom is -0.465 e. The Bertz CT molecular complexity index is 699. The van der Waals surface area contributed by atoms with Crippen molar-refractivity contribution in [3.8, 4) is 0 Å². The maximum atomic E-state index is 12.0. The van der Waals surface area contributed by atoms with Crippen LogP contribution in [-0.2, 0) is 11.3 Å². The molecular formula is C16H13Cl2NO3. The van der Waals surface area contributed by atoms with Gasteiger partial charge in [0.05, 0.1) is 22.7 Å². The van der Waals surface area contributed by atoms with E-state index in [-0.39, 0.29) is 5.91 Å². The predicted molar refractivity (Wildman–Crippen MR) is 85.4 cm³/mol. The topological polar surface area (TPSA) is 55.4 Å². The van der Waals surface area contributed by atoms with E-state index in [9.17, 15) is 9.59 Å². The summed E-state index contributed by atoms with van der Waals surface area (Å²) >= 11 is 11.7. The molecule has 2 aromatic rings. The number of rotatable bonds is 4. The van der Waals surface area contributed by atoms with E-state index < -0.39 is 5.97 Å². The summed E-state index contributed by atoms with van der Waals surface area (Å²) in [6, 6.07) is 11.5. The molecule has 0 atom stereocenters. The number of benzene rings is 2. The van der Waals surface area contributed by atoms with E-state index in [4.69, 9.17) is 23.2 Å². The number of carbonyl (C=O) groups excluding carboxylic acids is 2. The second-order valence-electron chi connectivity index (χ2n) is 4.50. The molecule has 0 fully saturated rings. The van der Waals surface area contributed by atoms with E-state index in [0.29, 0.717) is 27.7 Å². The van der Waals surface area contributed by atoms with Crippen molar-refractivity contribution in [2.75, 3.05) is 7.11 Å². The average molecular weight is 338 g/mol. The van der Waals surface area contributed by atoms with Crippen LogP contribution in [0.2, 0.25) is 10.0 Å². The summed E-state index contributed by atoms with van der Waals surface area (Å²) in [5.74, 6) is -0.651. The number of carbonyl (C=O) groups is 2. The fourth-order valence-corrected chi connectivity index (χ4v) is 2.10. The van der Waals surface area contributed by atoms with E-state index in [2.05, 4.69) is 10.1 Å². The Balaban J connectivity index is 1.98. The van der Waals surface area contributed by atoms with Gasteiger partial charge < -0.3 is 10.1 Å². The van der Waals surface area contributed by atoms with Crippen LogP contribution in [0.4, 0.5) is 0 Å². The van der Waals surface area contributed by atoms with Gasteiger partial charge in [-0.1, -0.05) is 35.3 Å². The highest BCUT2D eigenvalue weighted by molar-refractivity contribution is 6.42. The van der Waals surface area contributed by atoms with Gasteiger partial charge in [0.15, 0.2) is 0 Å². The highest BCUT2D eigenvalue weighted by atomic mass is 35.5. The van der Waals surface area contributed by atoms with Crippen molar-refractivity contribution < 1.29 is 14.3 Å².